The molecular weight excluding hydrogens is 252 g/mol. The molecule has 2 N–H and O–H groups in total. The molecule has 0 aliphatic heterocycles. The molecule has 1 atom stereocenters. The quantitative estimate of drug-likeness (QED) is 0.612. The minimum atomic E-state index is -0.739. The Morgan fingerprint density at radius 1 is 1.30 bits per heavy atom. The van der Waals surface area contributed by atoms with Crippen LogP contribution in [0.4, 0.5) is 0 Å². The van der Waals surface area contributed by atoms with Gasteiger partial charge in [0.25, 0.3) is 0 Å². The van der Waals surface area contributed by atoms with Crippen molar-refractivity contribution in [1.82, 2.24) is 10.2 Å². The largest absolute Gasteiger partial charge is 0.480 e. The maximum Gasteiger partial charge on any atom is 0.325 e. The molecule has 0 aromatic rings. The number of hydrogen-bond donors (Lipinski definition) is 2. The number of rotatable bonds is 11. The fourth-order valence-electron chi connectivity index (χ4n) is 3.11. The molecule has 0 radical (unpaired) electrons. The predicted octanol–water partition coefficient (Wildman–Crippen LogP) is 2.59. The summed E-state index contributed by atoms with van der Waals surface area (Å²) in [4.78, 5) is 14.2. The van der Waals surface area contributed by atoms with Crippen LogP contribution >= 0.6 is 0 Å². The van der Waals surface area contributed by atoms with Crippen LogP contribution in [0.15, 0.2) is 0 Å². The molecular formula is C16H32N2O2. The fourth-order valence-corrected chi connectivity index (χ4v) is 3.11. The number of likely N-dealkylation sites (N-methyl/N-ethyl adjacent to an activating group) is 2. The Morgan fingerprint density at radius 3 is 2.25 bits per heavy atom. The van der Waals surface area contributed by atoms with Crippen LogP contribution in [0.2, 0.25) is 0 Å². The molecule has 4 nitrogen and oxygen atoms in total. The molecule has 0 aromatic heterocycles. The minimum Gasteiger partial charge on any atom is -0.480 e. The van der Waals surface area contributed by atoms with Gasteiger partial charge >= 0.3 is 5.97 Å². The van der Waals surface area contributed by atoms with E-state index in [9.17, 15) is 9.90 Å². The van der Waals surface area contributed by atoms with E-state index in [1.807, 2.05) is 6.92 Å². The number of hydrogen-bond acceptors (Lipinski definition) is 3. The number of aliphatic carboxylic acids is 1. The summed E-state index contributed by atoms with van der Waals surface area (Å²) in [5.41, 5.74) is -0.739. The molecule has 1 rings (SSSR count). The van der Waals surface area contributed by atoms with Crippen molar-refractivity contribution in [1.29, 1.82) is 0 Å². The summed E-state index contributed by atoms with van der Waals surface area (Å²) < 4.78 is 0. The highest BCUT2D eigenvalue weighted by Gasteiger charge is 2.51. The second kappa shape index (κ2) is 7.99. The van der Waals surface area contributed by atoms with Gasteiger partial charge in [0.1, 0.15) is 5.54 Å². The molecule has 118 valence electrons. The molecule has 0 saturated heterocycles. The standard InChI is InChI=1S/C16H32N2O2/c1-5-13(6-2)11-18(8-4)12-16(15(19)20,17-7-3)14-9-10-14/h13-14,17H,5-12H2,1-4H3,(H,19,20). The topological polar surface area (TPSA) is 52.6 Å². The van der Waals surface area contributed by atoms with Crippen molar-refractivity contribution in [3.8, 4) is 0 Å². The number of carboxylic acid groups (broad SMARTS) is 1. The highest BCUT2D eigenvalue weighted by molar-refractivity contribution is 5.80. The van der Waals surface area contributed by atoms with Gasteiger partial charge in [-0.1, -0.05) is 40.5 Å². The zero-order valence-corrected chi connectivity index (χ0v) is 13.6. The zero-order chi connectivity index (χ0) is 15.2. The smallest absolute Gasteiger partial charge is 0.325 e. The lowest BCUT2D eigenvalue weighted by molar-refractivity contribution is -0.147. The van der Waals surface area contributed by atoms with Gasteiger partial charge in [0.15, 0.2) is 0 Å². The molecule has 1 saturated carbocycles. The van der Waals surface area contributed by atoms with Gasteiger partial charge in [0.05, 0.1) is 0 Å². The van der Waals surface area contributed by atoms with E-state index in [1.54, 1.807) is 0 Å². The van der Waals surface area contributed by atoms with E-state index in [-0.39, 0.29) is 0 Å². The van der Waals surface area contributed by atoms with Gasteiger partial charge in [-0.25, -0.2) is 0 Å². The van der Waals surface area contributed by atoms with Crippen LogP contribution in [0.3, 0.4) is 0 Å². The van der Waals surface area contributed by atoms with E-state index in [1.165, 1.54) is 0 Å². The van der Waals surface area contributed by atoms with Gasteiger partial charge in [-0.15, -0.1) is 0 Å². The summed E-state index contributed by atoms with van der Waals surface area (Å²) in [5.74, 6) is 0.294. The first-order valence-electron chi connectivity index (χ1n) is 8.24. The van der Waals surface area contributed by atoms with Crippen molar-refractivity contribution >= 4 is 5.97 Å². The van der Waals surface area contributed by atoms with E-state index in [0.717, 1.165) is 38.8 Å². The van der Waals surface area contributed by atoms with E-state index < -0.39 is 11.5 Å². The first kappa shape index (κ1) is 17.4. The monoisotopic (exact) mass is 284 g/mol. The molecule has 1 aliphatic rings. The summed E-state index contributed by atoms with van der Waals surface area (Å²) in [6.07, 6.45) is 4.42. The summed E-state index contributed by atoms with van der Waals surface area (Å²) >= 11 is 0. The summed E-state index contributed by atoms with van der Waals surface area (Å²) in [5, 5.41) is 13.1. The Kier molecular flexibility index (Phi) is 6.96. The van der Waals surface area contributed by atoms with Gasteiger partial charge in [-0.3, -0.25) is 4.79 Å². The van der Waals surface area contributed by atoms with Gasteiger partial charge in [-0.05, 0) is 37.8 Å². The van der Waals surface area contributed by atoms with Crippen molar-refractivity contribution in [2.75, 3.05) is 26.2 Å². The second-order valence-electron chi connectivity index (χ2n) is 6.09. The van der Waals surface area contributed by atoms with Gasteiger partial charge in [-0.2, -0.15) is 0 Å². The Morgan fingerprint density at radius 2 is 1.90 bits per heavy atom. The maximum absolute atomic E-state index is 11.9. The molecule has 0 bridgehead atoms. The third kappa shape index (κ3) is 4.19. The maximum atomic E-state index is 11.9. The van der Waals surface area contributed by atoms with Crippen LogP contribution in [0.1, 0.15) is 53.4 Å². The van der Waals surface area contributed by atoms with E-state index in [4.69, 9.17) is 0 Å². The molecule has 0 heterocycles. The first-order valence-corrected chi connectivity index (χ1v) is 8.24. The molecule has 0 spiro atoms. The SMILES string of the molecule is CCNC(CN(CC)CC(CC)CC)(C(=O)O)C1CC1. The van der Waals surface area contributed by atoms with E-state index in [0.29, 0.717) is 24.9 Å². The number of nitrogens with one attached hydrogen (secondary N) is 1. The van der Waals surface area contributed by atoms with Crippen LogP contribution in [0.5, 0.6) is 0 Å². The average molecular weight is 284 g/mol. The Bertz CT molecular complexity index is 301. The molecule has 20 heavy (non-hydrogen) atoms. The summed E-state index contributed by atoms with van der Waals surface area (Å²) in [7, 11) is 0. The highest BCUT2D eigenvalue weighted by atomic mass is 16.4. The Hall–Kier alpha value is -0.610. The Balaban J connectivity index is 2.77. The number of nitrogens with zero attached hydrogens (tertiary/aromatic N) is 1. The van der Waals surface area contributed by atoms with Crippen LogP contribution in [0.25, 0.3) is 0 Å². The van der Waals surface area contributed by atoms with Gasteiger partial charge in [0, 0.05) is 13.1 Å². The number of carbonyl (C=O) groups is 1. The Labute approximate surface area is 123 Å². The molecule has 1 aliphatic carbocycles. The van der Waals surface area contributed by atoms with Crippen LogP contribution in [-0.4, -0.2) is 47.7 Å². The molecule has 1 fully saturated rings. The van der Waals surface area contributed by atoms with Gasteiger partial charge < -0.3 is 15.3 Å². The van der Waals surface area contributed by atoms with Crippen molar-refractivity contribution in [3.05, 3.63) is 0 Å². The van der Waals surface area contributed by atoms with Crippen LogP contribution in [-0.2, 0) is 4.79 Å². The lowest BCUT2D eigenvalue weighted by Gasteiger charge is -2.37. The van der Waals surface area contributed by atoms with Crippen molar-refractivity contribution in [2.45, 2.75) is 58.9 Å². The van der Waals surface area contributed by atoms with Crippen molar-refractivity contribution < 1.29 is 9.90 Å². The first-order chi connectivity index (χ1) is 9.53. The molecule has 0 amide bonds. The highest BCUT2D eigenvalue weighted by Crippen LogP contribution is 2.40. The number of carboxylic acids is 1. The lowest BCUT2D eigenvalue weighted by atomic mass is 9.91. The molecule has 1 unspecified atom stereocenters. The van der Waals surface area contributed by atoms with E-state index >= 15 is 0 Å². The zero-order valence-electron chi connectivity index (χ0n) is 13.6. The summed E-state index contributed by atoms with van der Waals surface area (Å²) in [6, 6.07) is 0. The third-order valence-electron chi connectivity index (χ3n) is 4.74. The van der Waals surface area contributed by atoms with Crippen LogP contribution in [0, 0.1) is 11.8 Å². The van der Waals surface area contributed by atoms with Crippen molar-refractivity contribution in [2.24, 2.45) is 11.8 Å². The summed E-state index contributed by atoms with van der Waals surface area (Å²) in [6.45, 7) is 11.8. The van der Waals surface area contributed by atoms with Crippen molar-refractivity contribution in [3.63, 3.8) is 0 Å². The minimum absolute atomic E-state index is 0.302. The second-order valence-corrected chi connectivity index (χ2v) is 6.09. The molecule has 4 heteroatoms. The van der Waals surface area contributed by atoms with E-state index in [2.05, 4.69) is 31.0 Å². The normalized spacial score (nSPS) is 18.5. The van der Waals surface area contributed by atoms with Gasteiger partial charge in [0.2, 0.25) is 0 Å². The molecule has 0 aromatic carbocycles. The average Bonchev–Trinajstić information content (AvgIpc) is 3.26. The lowest BCUT2D eigenvalue weighted by Crippen LogP contribution is -2.61. The van der Waals surface area contributed by atoms with Crippen LogP contribution < -0.4 is 5.32 Å². The third-order valence-corrected chi connectivity index (χ3v) is 4.74. The predicted molar refractivity (Wildman–Crippen MR) is 83.0 cm³/mol. The fraction of sp³-hybridized carbons (Fsp3) is 0.938.